The maximum atomic E-state index is 12.5. The number of likely N-dealkylation sites (N-methyl/N-ethyl adjacent to an activating group) is 1. The average molecular weight is 303 g/mol. The van der Waals surface area contributed by atoms with E-state index in [9.17, 15) is 18.0 Å². The zero-order valence-corrected chi connectivity index (χ0v) is 12.1. The number of anilines is 2. The van der Waals surface area contributed by atoms with Gasteiger partial charge in [-0.15, -0.1) is 0 Å². The van der Waals surface area contributed by atoms with Crippen LogP contribution in [0.2, 0.25) is 0 Å². The highest BCUT2D eigenvalue weighted by Crippen LogP contribution is 2.32. The molecule has 3 N–H and O–H groups in total. The predicted molar refractivity (Wildman–Crippen MR) is 76.9 cm³/mol. The van der Waals surface area contributed by atoms with Crippen LogP contribution in [0, 0.1) is 0 Å². The molecule has 0 atom stereocenters. The minimum Gasteiger partial charge on any atom is -0.397 e. The molecule has 0 radical (unpaired) electrons. The summed E-state index contributed by atoms with van der Waals surface area (Å²) in [4.78, 5) is 13.8. The second-order valence-electron chi connectivity index (χ2n) is 4.72. The summed E-state index contributed by atoms with van der Waals surface area (Å²) >= 11 is 0. The third-order valence-electron chi connectivity index (χ3n) is 3.01. The van der Waals surface area contributed by atoms with Crippen LogP contribution in [-0.2, 0) is 11.0 Å². The summed E-state index contributed by atoms with van der Waals surface area (Å²) < 4.78 is 37.5. The smallest absolute Gasteiger partial charge is 0.397 e. The summed E-state index contributed by atoms with van der Waals surface area (Å²) in [6, 6.07) is 2.89. The van der Waals surface area contributed by atoms with Gasteiger partial charge >= 0.3 is 6.18 Å². The summed E-state index contributed by atoms with van der Waals surface area (Å²) in [6.45, 7) is 5.64. The van der Waals surface area contributed by atoms with Gasteiger partial charge in [0.15, 0.2) is 0 Å². The molecule has 21 heavy (non-hydrogen) atoms. The van der Waals surface area contributed by atoms with E-state index >= 15 is 0 Å². The number of nitrogen functional groups attached to an aromatic ring is 1. The van der Waals surface area contributed by atoms with Crippen molar-refractivity contribution in [1.82, 2.24) is 4.90 Å². The van der Waals surface area contributed by atoms with Crippen molar-refractivity contribution in [3.8, 4) is 0 Å². The van der Waals surface area contributed by atoms with E-state index in [0.29, 0.717) is 0 Å². The number of nitrogens with one attached hydrogen (secondary N) is 1. The number of benzene rings is 1. The van der Waals surface area contributed by atoms with Crippen molar-refractivity contribution in [2.24, 2.45) is 0 Å². The molecule has 1 aromatic rings. The topological polar surface area (TPSA) is 58.4 Å². The van der Waals surface area contributed by atoms with Crippen LogP contribution < -0.4 is 11.1 Å². The number of alkyl halides is 3. The van der Waals surface area contributed by atoms with Crippen LogP contribution in [0.5, 0.6) is 0 Å². The lowest BCUT2D eigenvalue weighted by Crippen LogP contribution is -2.33. The molecular weight excluding hydrogens is 283 g/mol. The molecule has 0 heterocycles. The number of halogens is 3. The number of nitrogens with two attached hydrogens (primary N) is 1. The van der Waals surface area contributed by atoms with E-state index in [2.05, 4.69) is 5.32 Å². The minimum atomic E-state index is -4.45. The van der Waals surface area contributed by atoms with Gasteiger partial charge in [0, 0.05) is 0 Å². The first-order valence-electron chi connectivity index (χ1n) is 6.76. The third kappa shape index (κ3) is 5.26. The lowest BCUT2D eigenvalue weighted by Gasteiger charge is -2.19. The van der Waals surface area contributed by atoms with E-state index in [0.717, 1.165) is 31.6 Å². The van der Waals surface area contributed by atoms with Gasteiger partial charge in [-0.25, -0.2) is 0 Å². The van der Waals surface area contributed by atoms with Crippen molar-refractivity contribution in [3.05, 3.63) is 23.8 Å². The van der Waals surface area contributed by atoms with Gasteiger partial charge in [0.05, 0.1) is 23.5 Å². The Bertz CT molecular complexity index is 489. The first-order chi connectivity index (χ1) is 9.77. The summed E-state index contributed by atoms with van der Waals surface area (Å²) in [7, 11) is 0. The van der Waals surface area contributed by atoms with Gasteiger partial charge in [-0.2, -0.15) is 13.2 Å². The number of carbonyl (C=O) groups excluding carboxylic acids is 1. The van der Waals surface area contributed by atoms with Gasteiger partial charge in [-0.3, -0.25) is 9.69 Å². The first kappa shape index (κ1) is 17.3. The van der Waals surface area contributed by atoms with Crippen LogP contribution in [0.1, 0.15) is 25.8 Å². The zero-order chi connectivity index (χ0) is 16.0. The average Bonchev–Trinajstić information content (AvgIpc) is 2.39. The van der Waals surface area contributed by atoms with Crippen molar-refractivity contribution < 1.29 is 18.0 Å². The van der Waals surface area contributed by atoms with Gasteiger partial charge in [-0.1, -0.05) is 13.8 Å². The number of nitrogens with zero attached hydrogens (tertiary/aromatic N) is 1. The van der Waals surface area contributed by atoms with E-state index in [-0.39, 0.29) is 23.8 Å². The molecule has 1 aromatic carbocycles. The largest absolute Gasteiger partial charge is 0.416 e. The Balaban J connectivity index is 2.73. The molecule has 1 rings (SSSR count). The monoisotopic (exact) mass is 303 g/mol. The molecule has 0 fully saturated rings. The highest BCUT2D eigenvalue weighted by Gasteiger charge is 2.30. The van der Waals surface area contributed by atoms with E-state index in [1.807, 2.05) is 18.7 Å². The molecule has 0 aliphatic rings. The Morgan fingerprint density at radius 1 is 1.33 bits per heavy atom. The van der Waals surface area contributed by atoms with Crippen molar-refractivity contribution in [1.29, 1.82) is 0 Å². The van der Waals surface area contributed by atoms with Crippen molar-refractivity contribution in [2.75, 3.05) is 30.7 Å². The number of rotatable bonds is 6. The van der Waals surface area contributed by atoms with Gasteiger partial charge in [-0.05, 0) is 37.7 Å². The highest BCUT2D eigenvalue weighted by atomic mass is 19.4. The summed E-state index contributed by atoms with van der Waals surface area (Å²) in [5, 5.41) is 2.54. The molecule has 0 bridgehead atoms. The maximum Gasteiger partial charge on any atom is 0.416 e. The quantitative estimate of drug-likeness (QED) is 0.794. The Morgan fingerprint density at radius 3 is 2.48 bits per heavy atom. The van der Waals surface area contributed by atoms with E-state index in [1.54, 1.807) is 0 Å². The second-order valence-corrected chi connectivity index (χ2v) is 4.72. The minimum absolute atomic E-state index is 0.100. The first-order valence-corrected chi connectivity index (χ1v) is 6.76. The van der Waals surface area contributed by atoms with Gasteiger partial charge in [0.25, 0.3) is 0 Å². The Morgan fingerprint density at radius 2 is 2.00 bits per heavy atom. The molecule has 0 aliphatic carbocycles. The van der Waals surface area contributed by atoms with Crippen LogP contribution in [0.25, 0.3) is 0 Å². The number of hydrogen-bond acceptors (Lipinski definition) is 3. The molecule has 1 amide bonds. The normalized spacial score (nSPS) is 11.7. The number of carbonyl (C=O) groups is 1. The summed E-state index contributed by atoms with van der Waals surface area (Å²) in [5.74, 6) is -0.295. The van der Waals surface area contributed by atoms with Crippen molar-refractivity contribution >= 4 is 17.3 Å². The molecule has 0 spiro atoms. The van der Waals surface area contributed by atoms with Crippen molar-refractivity contribution in [2.45, 2.75) is 26.4 Å². The molecule has 7 heteroatoms. The highest BCUT2D eigenvalue weighted by molar-refractivity contribution is 5.95. The molecule has 0 saturated heterocycles. The van der Waals surface area contributed by atoms with Crippen LogP contribution >= 0.6 is 0 Å². The number of hydrogen-bond donors (Lipinski definition) is 2. The fourth-order valence-corrected chi connectivity index (χ4v) is 1.91. The number of amides is 1. The Kier molecular flexibility index (Phi) is 6.02. The lowest BCUT2D eigenvalue weighted by atomic mass is 10.1. The SMILES string of the molecule is CCCN(CC)CC(=O)Nc1ccc(C(F)(F)F)cc1N. The summed E-state index contributed by atoms with van der Waals surface area (Å²) in [6.07, 6.45) is -3.53. The molecule has 118 valence electrons. The zero-order valence-electron chi connectivity index (χ0n) is 12.1. The fraction of sp³-hybridized carbons (Fsp3) is 0.500. The Labute approximate surface area is 122 Å². The molecule has 0 aliphatic heterocycles. The van der Waals surface area contributed by atoms with Gasteiger partial charge in [0.1, 0.15) is 0 Å². The Hall–Kier alpha value is -1.76. The van der Waals surface area contributed by atoms with E-state index in [4.69, 9.17) is 5.73 Å². The predicted octanol–water partition coefficient (Wildman–Crippen LogP) is 2.96. The standard InChI is InChI=1S/C14H20F3N3O/c1-3-7-20(4-2)9-13(21)19-12-6-5-10(8-11(12)18)14(15,16)17/h5-6,8H,3-4,7,9,18H2,1-2H3,(H,19,21). The third-order valence-corrected chi connectivity index (χ3v) is 3.01. The summed E-state index contributed by atoms with van der Waals surface area (Å²) in [5.41, 5.74) is 4.82. The van der Waals surface area contributed by atoms with Crippen LogP contribution in [-0.4, -0.2) is 30.4 Å². The van der Waals surface area contributed by atoms with E-state index < -0.39 is 11.7 Å². The van der Waals surface area contributed by atoms with Crippen LogP contribution in [0.4, 0.5) is 24.5 Å². The molecular formula is C14H20F3N3O. The second kappa shape index (κ2) is 7.31. The molecule has 0 saturated carbocycles. The van der Waals surface area contributed by atoms with Crippen molar-refractivity contribution in [3.63, 3.8) is 0 Å². The lowest BCUT2D eigenvalue weighted by molar-refractivity contribution is -0.137. The van der Waals surface area contributed by atoms with Crippen LogP contribution in [0.15, 0.2) is 18.2 Å². The van der Waals surface area contributed by atoms with Gasteiger partial charge in [0.2, 0.25) is 5.91 Å². The maximum absolute atomic E-state index is 12.5. The fourth-order valence-electron chi connectivity index (χ4n) is 1.91. The van der Waals surface area contributed by atoms with Crippen LogP contribution in [0.3, 0.4) is 0 Å². The molecule has 0 unspecified atom stereocenters. The van der Waals surface area contributed by atoms with Gasteiger partial charge < -0.3 is 11.1 Å². The molecule has 4 nitrogen and oxygen atoms in total. The van der Waals surface area contributed by atoms with E-state index in [1.165, 1.54) is 6.07 Å². The molecule has 0 aromatic heterocycles.